The van der Waals surface area contributed by atoms with Gasteiger partial charge >= 0.3 is 0 Å². The number of hydrogen-bond donors (Lipinski definition) is 1. The number of aryl methyl sites for hydroxylation is 1. The minimum absolute atomic E-state index is 0.0456. The Morgan fingerprint density at radius 2 is 2.25 bits per heavy atom. The van der Waals surface area contributed by atoms with Crippen LogP contribution in [0.2, 0.25) is 0 Å². The van der Waals surface area contributed by atoms with Crippen LogP contribution in [0.25, 0.3) is 10.8 Å². The highest BCUT2D eigenvalue weighted by molar-refractivity contribution is 7.13. The van der Waals surface area contributed by atoms with Crippen molar-refractivity contribution in [1.29, 1.82) is 0 Å². The van der Waals surface area contributed by atoms with Gasteiger partial charge < -0.3 is 14.6 Å². The Bertz CT molecular complexity index is 737. The minimum atomic E-state index is -0.359. The van der Waals surface area contributed by atoms with Crippen LogP contribution in [0.5, 0.6) is 0 Å². The first kappa shape index (κ1) is 16.7. The van der Waals surface area contributed by atoms with Crippen molar-refractivity contribution in [2.75, 3.05) is 13.6 Å². The van der Waals surface area contributed by atoms with E-state index >= 15 is 0 Å². The summed E-state index contributed by atoms with van der Waals surface area (Å²) in [4.78, 5) is 30.8. The van der Waals surface area contributed by atoms with E-state index in [1.54, 1.807) is 11.9 Å². The fourth-order valence-corrected chi connectivity index (χ4v) is 3.76. The van der Waals surface area contributed by atoms with Crippen LogP contribution in [0.4, 0.5) is 0 Å². The van der Waals surface area contributed by atoms with Gasteiger partial charge in [-0.3, -0.25) is 9.59 Å². The largest absolute Gasteiger partial charge is 0.459 e. The van der Waals surface area contributed by atoms with E-state index in [1.807, 2.05) is 24.4 Å². The number of aromatic nitrogens is 1. The maximum Gasteiger partial charge on any atom is 0.242 e. The summed E-state index contributed by atoms with van der Waals surface area (Å²) in [5.74, 6) is 1.42. The van der Waals surface area contributed by atoms with Gasteiger partial charge in [0, 0.05) is 19.0 Å². The Morgan fingerprint density at radius 3 is 2.96 bits per heavy atom. The Balaban J connectivity index is 1.70. The molecule has 1 N–H and O–H groups in total. The molecule has 3 heterocycles. The molecule has 0 bridgehead atoms. The molecule has 6 nitrogen and oxygen atoms in total. The van der Waals surface area contributed by atoms with Gasteiger partial charge in [0.15, 0.2) is 10.8 Å². The Kier molecular flexibility index (Phi) is 4.99. The van der Waals surface area contributed by atoms with Crippen molar-refractivity contribution in [2.45, 2.75) is 38.6 Å². The van der Waals surface area contributed by atoms with Crippen LogP contribution in [0.3, 0.4) is 0 Å². The van der Waals surface area contributed by atoms with Crippen molar-refractivity contribution in [3.8, 4) is 10.8 Å². The maximum atomic E-state index is 12.6. The lowest BCUT2D eigenvalue weighted by Gasteiger charge is -2.34. The maximum absolute atomic E-state index is 12.6. The summed E-state index contributed by atoms with van der Waals surface area (Å²) in [6.45, 7) is 2.52. The third-order valence-corrected chi connectivity index (χ3v) is 5.11. The summed E-state index contributed by atoms with van der Waals surface area (Å²) < 4.78 is 5.57. The van der Waals surface area contributed by atoms with E-state index in [9.17, 15) is 9.59 Å². The number of nitrogens with zero attached hydrogens (tertiary/aromatic N) is 2. The van der Waals surface area contributed by atoms with Crippen molar-refractivity contribution in [2.24, 2.45) is 0 Å². The van der Waals surface area contributed by atoms with E-state index in [4.69, 9.17) is 4.42 Å². The molecule has 128 valence electrons. The van der Waals surface area contributed by atoms with E-state index in [0.717, 1.165) is 41.5 Å². The van der Waals surface area contributed by atoms with Crippen LogP contribution in [0.15, 0.2) is 21.9 Å². The molecule has 1 fully saturated rings. The number of furan rings is 1. The first-order chi connectivity index (χ1) is 11.6. The van der Waals surface area contributed by atoms with Crippen LogP contribution in [0, 0.1) is 6.92 Å². The van der Waals surface area contributed by atoms with Gasteiger partial charge in [-0.1, -0.05) is 0 Å². The number of piperidine rings is 1. The number of nitrogens with one attached hydrogen (secondary N) is 1. The van der Waals surface area contributed by atoms with Crippen LogP contribution in [-0.4, -0.2) is 41.3 Å². The predicted octanol–water partition coefficient (Wildman–Crippen LogP) is 2.38. The fourth-order valence-electron chi connectivity index (χ4n) is 2.98. The second kappa shape index (κ2) is 7.17. The molecule has 0 saturated carbocycles. The summed E-state index contributed by atoms with van der Waals surface area (Å²) in [6, 6.07) is 3.41. The summed E-state index contributed by atoms with van der Waals surface area (Å²) >= 11 is 1.46. The van der Waals surface area contributed by atoms with Crippen LogP contribution < -0.4 is 5.32 Å². The molecular formula is C17H21N3O3S. The number of rotatable bonds is 4. The van der Waals surface area contributed by atoms with Gasteiger partial charge in [-0.15, -0.1) is 11.3 Å². The van der Waals surface area contributed by atoms with Crippen molar-refractivity contribution in [3.63, 3.8) is 0 Å². The number of likely N-dealkylation sites (N-methyl/N-ethyl adjacent to an activating group) is 1. The lowest BCUT2D eigenvalue weighted by Crippen LogP contribution is -2.51. The van der Waals surface area contributed by atoms with Gasteiger partial charge in [-0.2, -0.15) is 0 Å². The highest BCUT2D eigenvalue weighted by Crippen LogP contribution is 2.26. The van der Waals surface area contributed by atoms with Crippen molar-refractivity contribution in [1.82, 2.24) is 15.2 Å². The molecule has 2 aromatic heterocycles. The van der Waals surface area contributed by atoms with E-state index in [0.29, 0.717) is 6.54 Å². The summed E-state index contributed by atoms with van der Waals surface area (Å²) in [7, 11) is 1.61. The lowest BCUT2D eigenvalue weighted by molar-refractivity contribution is -0.141. The number of amides is 2. The third-order valence-electron chi connectivity index (χ3n) is 4.21. The monoisotopic (exact) mass is 347 g/mol. The van der Waals surface area contributed by atoms with Gasteiger partial charge in [-0.05, 0) is 38.3 Å². The van der Waals surface area contributed by atoms with Crippen LogP contribution in [0.1, 0.15) is 30.7 Å². The third kappa shape index (κ3) is 3.51. The van der Waals surface area contributed by atoms with Gasteiger partial charge in [0.1, 0.15) is 11.8 Å². The molecule has 3 rings (SSSR count). The molecule has 0 radical (unpaired) electrons. The molecule has 0 unspecified atom stereocenters. The zero-order valence-corrected chi connectivity index (χ0v) is 14.7. The molecule has 0 aliphatic carbocycles. The molecule has 0 aromatic carbocycles. The standard InChI is InChI=1S/C17H21N3O3S/c1-11-6-7-14(23-11)17-19-12(10-24-17)9-15(21)20-8-4-3-5-13(20)16(22)18-2/h6-7,10,13H,3-5,8-9H2,1-2H3,(H,18,22)/t13-/m1/s1. The second-order valence-electron chi connectivity index (χ2n) is 5.94. The van der Waals surface area contributed by atoms with E-state index < -0.39 is 0 Å². The fraction of sp³-hybridized carbons (Fsp3) is 0.471. The lowest BCUT2D eigenvalue weighted by atomic mass is 10.0. The van der Waals surface area contributed by atoms with Gasteiger partial charge in [0.2, 0.25) is 11.8 Å². The molecule has 1 aliphatic heterocycles. The van der Waals surface area contributed by atoms with Gasteiger partial charge in [0.25, 0.3) is 0 Å². The molecular weight excluding hydrogens is 326 g/mol. The van der Waals surface area contributed by atoms with Crippen molar-refractivity contribution < 1.29 is 14.0 Å². The number of likely N-dealkylation sites (tertiary alicyclic amines) is 1. The highest BCUT2D eigenvalue weighted by atomic mass is 32.1. The highest BCUT2D eigenvalue weighted by Gasteiger charge is 2.31. The zero-order valence-electron chi connectivity index (χ0n) is 13.9. The molecule has 2 aromatic rings. The molecule has 2 amide bonds. The zero-order chi connectivity index (χ0) is 17.1. The SMILES string of the molecule is CNC(=O)[C@H]1CCCCN1C(=O)Cc1csc(-c2ccc(C)o2)n1. The summed E-state index contributed by atoms with van der Waals surface area (Å²) in [5, 5.41) is 5.30. The van der Waals surface area contributed by atoms with Gasteiger partial charge in [0.05, 0.1) is 12.1 Å². The predicted molar refractivity (Wildman–Crippen MR) is 91.7 cm³/mol. The molecule has 24 heavy (non-hydrogen) atoms. The summed E-state index contributed by atoms with van der Waals surface area (Å²) in [6.07, 6.45) is 2.84. The minimum Gasteiger partial charge on any atom is -0.459 e. The number of carbonyl (C=O) groups excluding carboxylic acids is 2. The number of hydrogen-bond acceptors (Lipinski definition) is 5. The topological polar surface area (TPSA) is 75.4 Å². The molecule has 7 heteroatoms. The quantitative estimate of drug-likeness (QED) is 0.921. The molecule has 1 saturated heterocycles. The van der Waals surface area contributed by atoms with Crippen LogP contribution in [-0.2, 0) is 16.0 Å². The van der Waals surface area contributed by atoms with Crippen molar-refractivity contribution >= 4 is 23.2 Å². The Labute approximate surface area is 144 Å². The second-order valence-corrected chi connectivity index (χ2v) is 6.80. The first-order valence-electron chi connectivity index (χ1n) is 8.10. The molecule has 1 atom stereocenters. The number of thiazole rings is 1. The molecule has 0 spiro atoms. The Hall–Kier alpha value is -2.15. The average Bonchev–Trinajstić information content (AvgIpc) is 3.23. The van der Waals surface area contributed by atoms with Crippen molar-refractivity contribution in [3.05, 3.63) is 29.0 Å². The Morgan fingerprint density at radius 1 is 1.42 bits per heavy atom. The van der Waals surface area contributed by atoms with E-state index in [1.165, 1.54) is 11.3 Å². The smallest absolute Gasteiger partial charge is 0.242 e. The van der Waals surface area contributed by atoms with Gasteiger partial charge in [-0.25, -0.2) is 4.98 Å². The normalized spacial score (nSPS) is 17.8. The molecule has 1 aliphatic rings. The first-order valence-corrected chi connectivity index (χ1v) is 8.98. The van der Waals surface area contributed by atoms with E-state index in [-0.39, 0.29) is 24.3 Å². The van der Waals surface area contributed by atoms with Crippen LogP contribution >= 0.6 is 11.3 Å². The number of carbonyl (C=O) groups is 2. The summed E-state index contributed by atoms with van der Waals surface area (Å²) in [5.41, 5.74) is 0.718. The average molecular weight is 347 g/mol. The van der Waals surface area contributed by atoms with E-state index in [2.05, 4.69) is 10.3 Å².